The highest BCUT2D eigenvalue weighted by Crippen LogP contribution is 2.29. The fourth-order valence-electron chi connectivity index (χ4n) is 2.02. The second kappa shape index (κ2) is 3.39. The van der Waals surface area contributed by atoms with Crippen LogP contribution < -0.4 is 5.32 Å². The average Bonchev–Trinajstić information content (AvgIpc) is 2.18. The summed E-state index contributed by atoms with van der Waals surface area (Å²) in [4.78, 5) is 11.5. The lowest BCUT2D eigenvalue weighted by Gasteiger charge is -2.22. The maximum Gasteiger partial charge on any atom is 0.242 e. The Morgan fingerprint density at radius 2 is 2.20 bits per heavy atom. The van der Waals surface area contributed by atoms with Crippen molar-refractivity contribution in [3.8, 4) is 6.07 Å². The van der Waals surface area contributed by atoms with E-state index in [1.54, 1.807) is 0 Å². The third kappa shape index (κ3) is 1.59. The van der Waals surface area contributed by atoms with Gasteiger partial charge in [0.1, 0.15) is 5.92 Å². The summed E-state index contributed by atoms with van der Waals surface area (Å²) in [5.41, 5.74) is 4.18. The van der Waals surface area contributed by atoms with Gasteiger partial charge in [0.25, 0.3) is 0 Å². The number of nitrogens with zero attached hydrogens (tertiary/aromatic N) is 1. The van der Waals surface area contributed by atoms with Crippen LogP contribution in [-0.2, 0) is 11.2 Å². The van der Waals surface area contributed by atoms with Crippen LogP contribution in [0, 0.1) is 31.1 Å². The van der Waals surface area contributed by atoms with E-state index in [0.717, 1.165) is 16.8 Å². The number of carbonyl (C=O) groups excluding carboxylic acids is 1. The van der Waals surface area contributed by atoms with E-state index in [1.807, 2.05) is 32.0 Å². The van der Waals surface area contributed by atoms with Gasteiger partial charge in [-0.05, 0) is 31.4 Å². The Balaban J connectivity index is 2.50. The first-order valence-electron chi connectivity index (χ1n) is 4.92. The van der Waals surface area contributed by atoms with E-state index in [9.17, 15) is 4.79 Å². The van der Waals surface area contributed by atoms with Gasteiger partial charge in [-0.2, -0.15) is 5.26 Å². The third-order valence-electron chi connectivity index (χ3n) is 2.71. The zero-order valence-electron chi connectivity index (χ0n) is 8.79. The highest BCUT2D eigenvalue weighted by Gasteiger charge is 2.26. The van der Waals surface area contributed by atoms with Crippen molar-refractivity contribution in [2.75, 3.05) is 5.32 Å². The van der Waals surface area contributed by atoms with E-state index in [-0.39, 0.29) is 5.91 Å². The van der Waals surface area contributed by atoms with Gasteiger partial charge in [0, 0.05) is 5.69 Å². The Labute approximate surface area is 88.7 Å². The Morgan fingerprint density at radius 1 is 1.47 bits per heavy atom. The molecule has 0 fully saturated rings. The molecule has 15 heavy (non-hydrogen) atoms. The normalized spacial score (nSPS) is 19.0. The van der Waals surface area contributed by atoms with E-state index < -0.39 is 5.92 Å². The molecule has 1 heterocycles. The number of aryl methyl sites for hydroxylation is 2. The number of hydrogen-bond donors (Lipinski definition) is 1. The van der Waals surface area contributed by atoms with Gasteiger partial charge < -0.3 is 5.32 Å². The highest BCUT2D eigenvalue weighted by molar-refractivity contribution is 5.98. The third-order valence-corrected chi connectivity index (χ3v) is 2.71. The fourth-order valence-corrected chi connectivity index (χ4v) is 2.02. The van der Waals surface area contributed by atoms with Crippen molar-refractivity contribution in [2.45, 2.75) is 20.3 Å². The molecule has 0 spiro atoms. The Hall–Kier alpha value is -1.82. The molecule has 76 valence electrons. The fraction of sp³-hybridized carbons (Fsp3) is 0.333. The molecular formula is C12H12N2O. The van der Waals surface area contributed by atoms with Crippen LogP contribution >= 0.6 is 0 Å². The van der Waals surface area contributed by atoms with E-state index in [2.05, 4.69) is 5.32 Å². The first-order valence-corrected chi connectivity index (χ1v) is 4.92. The second-order valence-corrected chi connectivity index (χ2v) is 3.99. The summed E-state index contributed by atoms with van der Waals surface area (Å²) in [6.45, 7) is 3.99. The average molecular weight is 200 g/mol. The molecule has 0 bridgehead atoms. The standard InChI is InChI=1S/C12H12N2O/c1-7-3-8(2)11-9(4-7)5-10(6-13)12(15)14-11/h3-4,10H,5H2,1-2H3,(H,14,15). The van der Waals surface area contributed by atoms with Crippen molar-refractivity contribution < 1.29 is 4.79 Å². The van der Waals surface area contributed by atoms with Gasteiger partial charge in [0.05, 0.1) is 6.07 Å². The Morgan fingerprint density at radius 3 is 2.87 bits per heavy atom. The number of benzene rings is 1. The summed E-state index contributed by atoms with van der Waals surface area (Å²) < 4.78 is 0. The molecule has 0 radical (unpaired) electrons. The van der Waals surface area contributed by atoms with Crippen molar-refractivity contribution in [3.05, 3.63) is 28.8 Å². The largest absolute Gasteiger partial charge is 0.324 e. The van der Waals surface area contributed by atoms with Gasteiger partial charge in [0.15, 0.2) is 0 Å². The smallest absolute Gasteiger partial charge is 0.242 e. The van der Waals surface area contributed by atoms with Gasteiger partial charge in [-0.25, -0.2) is 0 Å². The topological polar surface area (TPSA) is 52.9 Å². The molecule has 3 nitrogen and oxygen atoms in total. The number of fused-ring (bicyclic) bond motifs is 1. The summed E-state index contributed by atoms with van der Waals surface area (Å²) in [5.74, 6) is -0.726. The van der Waals surface area contributed by atoms with Crippen LogP contribution in [0.4, 0.5) is 5.69 Å². The Kier molecular flexibility index (Phi) is 2.20. The molecule has 0 aromatic heterocycles. The summed E-state index contributed by atoms with van der Waals surface area (Å²) >= 11 is 0. The molecule has 1 amide bonds. The van der Waals surface area contributed by atoms with Crippen molar-refractivity contribution in [3.63, 3.8) is 0 Å². The first kappa shape index (κ1) is 9.72. The second-order valence-electron chi connectivity index (χ2n) is 3.99. The molecule has 1 N–H and O–H groups in total. The van der Waals surface area contributed by atoms with Crippen molar-refractivity contribution in [1.82, 2.24) is 0 Å². The van der Waals surface area contributed by atoms with Crippen LogP contribution in [0.25, 0.3) is 0 Å². The minimum atomic E-state index is -0.543. The van der Waals surface area contributed by atoms with E-state index >= 15 is 0 Å². The lowest BCUT2D eigenvalue weighted by Crippen LogP contribution is -2.29. The van der Waals surface area contributed by atoms with Crippen molar-refractivity contribution in [1.29, 1.82) is 5.26 Å². The van der Waals surface area contributed by atoms with E-state index in [1.165, 1.54) is 5.56 Å². The molecule has 0 saturated heterocycles. The lowest BCUT2D eigenvalue weighted by molar-refractivity contribution is -0.118. The molecule has 0 saturated carbocycles. The molecule has 1 aliphatic heterocycles. The molecule has 3 heteroatoms. The summed E-state index contributed by atoms with van der Waals surface area (Å²) in [7, 11) is 0. The van der Waals surface area contributed by atoms with Crippen molar-refractivity contribution >= 4 is 11.6 Å². The van der Waals surface area contributed by atoms with Crippen molar-refractivity contribution in [2.24, 2.45) is 5.92 Å². The summed E-state index contributed by atoms with van der Waals surface area (Å²) in [5, 5.41) is 11.6. The number of nitriles is 1. The van der Waals surface area contributed by atoms with Gasteiger partial charge in [-0.3, -0.25) is 4.79 Å². The zero-order valence-corrected chi connectivity index (χ0v) is 8.79. The maximum absolute atomic E-state index is 11.5. The van der Waals surface area contributed by atoms with E-state index in [0.29, 0.717) is 6.42 Å². The molecule has 0 aliphatic carbocycles. The minimum absolute atomic E-state index is 0.183. The lowest BCUT2D eigenvalue weighted by atomic mass is 9.91. The molecule has 1 aromatic rings. The van der Waals surface area contributed by atoms with E-state index in [4.69, 9.17) is 5.26 Å². The number of anilines is 1. The van der Waals surface area contributed by atoms with Gasteiger partial charge in [-0.1, -0.05) is 17.7 Å². The first-order chi connectivity index (χ1) is 7.11. The SMILES string of the molecule is Cc1cc(C)c2c(c1)CC(C#N)C(=O)N2. The number of hydrogen-bond acceptors (Lipinski definition) is 2. The molecule has 2 rings (SSSR count). The molecule has 1 atom stereocenters. The molecule has 1 aliphatic rings. The summed E-state index contributed by atoms with van der Waals surface area (Å²) in [6.07, 6.45) is 0.528. The predicted octanol–water partition coefficient (Wildman–Crippen LogP) is 1.94. The molecule has 1 unspecified atom stereocenters. The predicted molar refractivity (Wildman–Crippen MR) is 57.4 cm³/mol. The summed E-state index contributed by atoms with van der Waals surface area (Å²) in [6, 6.07) is 6.09. The number of carbonyl (C=O) groups is 1. The number of amides is 1. The van der Waals surface area contributed by atoms with Crippen LogP contribution in [0.3, 0.4) is 0 Å². The quantitative estimate of drug-likeness (QED) is 0.695. The van der Waals surface area contributed by atoms with Crippen LogP contribution in [0.2, 0.25) is 0 Å². The van der Waals surface area contributed by atoms with Crippen LogP contribution in [0.1, 0.15) is 16.7 Å². The Bertz CT molecular complexity index is 471. The van der Waals surface area contributed by atoms with Gasteiger partial charge in [-0.15, -0.1) is 0 Å². The highest BCUT2D eigenvalue weighted by atomic mass is 16.1. The van der Waals surface area contributed by atoms with Crippen LogP contribution in [0.5, 0.6) is 0 Å². The van der Waals surface area contributed by atoms with Gasteiger partial charge >= 0.3 is 0 Å². The minimum Gasteiger partial charge on any atom is -0.324 e. The maximum atomic E-state index is 11.5. The van der Waals surface area contributed by atoms with Crippen LogP contribution in [0.15, 0.2) is 12.1 Å². The monoisotopic (exact) mass is 200 g/mol. The van der Waals surface area contributed by atoms with Gasteiger partial charge in [0.2, 0.25) is 5.91 Å². The number of rotatable bonds is 0. The molecule has 1 aromatic carbocycles. The number of nitrogens with one attached hydrogen (secondary N) is 1. The zero-order chi connectivity index (χ0) is 11.0. The van der Waals surface area contributed by atoms with Crippen LogP contribution in [-0.4, -0.2) is 5.91 Å². The molecular weight excluding hydrogens is 188 g/mol.